The molecule has 1 N–H and O–H groups in total. The summed E-state index contributed by atoms with van der Waals surface area (Å²) in [5.41, 5.74) is 2.00. The van der Waals surface area contributed by atoms with E-state index in [1.165, 1.54) is 12.1 Å². The molecule has 0 aliphatic heterocycles. The maximum Gasteiger partial charge on any atom is 0.142 e. The summed E-state index contributed by atoms with van der Waals surface area (Å²) in [4.78, 5) is 3.87. The highest BCUT2D eigenvalue weighted by Crippen LogP contribution is 2.10. The molecule has 0 unspecified atom stereocenters. The van der Waals surface area contributed by atoms with Crippen LogP contribution in [-0.2, 0) is 6.54 Å². The van der Waals surface area contributed by atoms with Gasteiger partial charge in [-0.2, -0.15) is 5.26 Å². The summed E-state index contributed by atoms with van der Waals surface area (Å²) >= 11 is 0. The third kappa shape index (κ3) is 3.02. The molecule has 0 saturated carbocycles. The van der Waals surface area contributed by atoms with E-state index in [1.807, 2.05) is 12.1 Å². The first kappa shape index (κ1) is 11.1. The minimum atomic E-state index is -0.253. The number of nitrogens with zero attached hydrogens (tertiary/aromatic N) is 2. The van der Waals surface area contributed by atoms with Crippen molar-refractivity contribution in [3.63, 3.8) is 0 Å². The average Bonchev–Trinajstić information content (AvgIpc) is 2.37. The van der Waals surface area contributed by atoms with E-state index in [4.69, 9.17) is 5.26 Å². The van der Waals surface area contributed by atoms with Gasteiger partial charge in [0.25, 0.3) is 0 Å². The van der Waals surface area contributed by atoms with Crippen molar-refractivity contribution in [1.82, 2.24) is 4.98 Å². The van der Waals surface area contributed by atoms with Crippen LogP contribution in [0.15, 0.2) is 42.6 Å². The second-order valence-corrected chi connectivity index (χ2v) is 3.53. The number of hydrogen-bond acceptors (Lipinski definition) is 3. The SMILES string of the molecule is N#Cc1cc(NCc2cccc(F)c2)ccn1. The fourth-order valence-corrected chi connectivity index (χ4v) is 1.45. The maximum absolute atomic E-state index is 12.9. The number of benzene rings is 1. The van der Waals surface area contributed by atoms with Crippen LogP contribution in [0.4, 0.5) is 10.1 Å². The number of aromatic nitrogens is 1. The van der Waals surface area contributed by atoms with Crippen LogP contribution in [-0.4, -0.2) is 4.98 Å². The summed E-state index contributed by atoms with van der Waals surface area (Å²) in [6, 6.07) is 11.8. The number of rotatable bonds is 3. The predicted molar refractivity (Wildman–Crippen MR) is 62.7 cm³/mol. The lowest BCUT2D eigenvalue weighted by Crippen LogP contribution is -2.00. The standard InChI is InChI=1S/C13H10FN3/c14-11-3-1-2-10(6-11)9-17-12-4-5-16-13(7-12)8-15/h1-7H,9H2,(H,16,17). The van der Waals surface area contributed by atoms with Gasteiger partial charge in [-0.05, 0) is 29.8 Å². The summed E-state index contributed by atoms with van der Waals surface area (Å²) in [6.45, 7) is 0.507. The van der Waals surface area contributed by atoms with Crippen LogP contribution in [0.3, 0.4) is 0 Å². The van der Waals surface area contributed by atoms with Gasteiger partial charge in [0.15, 0.2) is 0 Å². The summed E-state index contributed by atoms with van der Waals surface area (Å²) < 4.78 is 12.9. The first-order valence-electron chi connectivity index (χ1n) is 5.12. The third-order valence-corrected chi connectivity index (χ3v) is 2.26. The summed E-state index contributed by atoms with van der Waals surface area (Å²) in [5, 5.41) is 11.8. The largest absolute Gasteiger partial charge is 0.381 e. The zero-order valence-electron chi connectivity index (χ0n) is 9.02. The quantitative estimate of drug-likeness (QED) is 0.877. The van der Waals surface area contributed by atoms with Gasteiger partial charge in [-0.15, -0.1) is 0 Å². The molecule has 0 bridgehead atoms. The van der Waals surface area contributed by atoms with Crippen molar-refractivity contribution in [1.29, 1.82) is 5.26 Å². The fraction of sp³-hybridized carbons (Fsp3) is 0.0769. The number of hydrogen-bond donors (Lipinski definition) is 1. The predicted octanol–water partition coefficient (Wildman–Crippen LogP) is 2.70. The molecule has 4 heteroatoms. The van der Waals surface area contributed by atoms with E-state index in [2.05, 4.69) is 10.3 Å². The Balaban J connectivity index is 2.05. The molecular weight excluding hydrogens is 217 g/mol. The lowest BCUT2D eigenvalue weighted by atomic mass is 10.2. The maximum atomic E-state index is 12.9. The molecule has 2 aromatic rings. The molecule has 0 atom stereocenters. The molecule has 1 aromatic heterocycles. The number of anilines is 1. The molecular formula is C13H10FN3. The zero-order valence-corrected chi connectivity index (χ0v) is 9.02. The lowest BCUT2D eigenvalue weighted by molar-refractivity contribution is 0.626. The highest BCUT2D eigenvalue weighted by Gasteiger charge is 1.97. The van der Waals surface area contributed by atoms with Gasteiger partial charge in [0.2, 0.25) is 0 Å². The first-order valence-corrected chi connectivity index (χ1v) is 5.12. The van der Waals surface area contributed by atoms with Crippen LogP contribution in [0.2, 0.25) is 0 Å². The second kappa shape index (κ2) is 5.08. The van der Waals surface area contributed by atoms with Gasteiger partial charge in [0, 0.05) is 18.4 Å². The molecule has 84 valence electrons. The van der Waals surface area contributed by atoms with Crippen LogP contribution in [0, 0.1) is 17.1 Å². The van der Waals surface area contributed by atoms with Crippen LogP contribution in [0.5, 0.6) is 0 Å². The van der Waals surface area contributed by atoms with Crippen molar-refractivity contribution in [2.75, 3.05) is 5.32 Å². The fourth-order valence-electron chi connectivity index (χ4n) is 1.45. The molecule has 0 radical (unpaired) electrons. The molecule has 1 heterocycles. The van der Waals surface area contributed by atoms with Gasteiger partial charge in [-0.25, -0.2) is 9.37 Å². The van der Waals surface area contributed by atoms with Gasteiger partial charge >= 0.3 is 0 Å². The Morgan fingerprint density at radius 2 is 2.18 bits per heavy atom. The van der Waals surface area contributed by atoms with E-state index in [1.54, 1.807) is 24.4 Å². The van der Waals surface area contributed by atoms with E-state index >= 15 is 0 Å². The molecule has 0 spiro atoms. The van der Waals surface area contributed by atoms with Crippen molar-refractivity contribution in [2.24, 2.45) is 0 Å². The normalized spacial score (nSPS) is 9.65. The lowest BCUT2D eigenvalue weighted by Gasteiger charge is -2.06. The van der Waals surface area contributed by atoms with Crippen LogP contribution in [0.25, 0.3) is 0 Å². The van der Waals surface area contributed by atoms with Crippen LogP contribution in [0.1, 0.15) is 11.3 Å². The first-order chi connectivity index (χ1) is 8.28. The van der Waals surface area contributed by atoms with Gasteiger partial charge in [0.05, 0.1) is 0 Å². The van der Waals surface area contributed by atoms with Gasteiger partial charge in [-0.3, -0.25) is 0 Å². The van der Waals surface area contributed by atoms with Crippen LogP contribution >= 0.6 is 0 Å². The van der Waals surface area contributed by atoms with Crippen LogP contribution < -0.4 is 5.32 Å². The molecule has 3 nitrogen and oxygen atoms in total. The minimum Gasteiger partial charge on any atom is -0.381 e. The number of nitrogens with one attached hydrogen (secondary N) is 1. The molecule has 17 heavy (non-hydrogen) atoms. The minimum absolute atomic E-state index is 0.253. The van der Waals surface area contributed by atoms with E-state index < -0.39 is 0 Å². The molecule has 0 aliphatic carbocycles. The smallest absolute Gasteiger partial charge is 0.142 e. The molecule has 1 aromatic carbocycles. The highest BCUT2D eigenvalue weighted by molar-refractivity contribution is 5.46. The van der Waals surface area contributed by atoms with Crippen molar-refractivity contribution in [3.8, 4) is 6.07 Å². The third-order valence-electron chi connectivity index (χ3n) is 2.26. The van der Waals surface area contributed by atoms with Crippen molar-refractivity contribution < 1.29 is 4.39 Å². The van der Waals surface area contributed by atoms with Crippen molar-refractivity contribution >= 4 is 5.69 Å². The van der Waals surface area contributed by atoms with E-state index in [-0.39, 0.29) is 5.82 Å². The summed E-state index contributed by atoms with van der Waals surface area (Å²) in [6.07, 6.45) is 1.56. The second-order valence-electron chi connectivity index (χ2n) is 3.53. The number of nitriles is 1. The Labute approximate surface area is 98.5 Å². The number of halogens is 1. The van der Waals surface area contributed by atoms with Gasteiger partial charge in [0.1, 0.15) is 17.6 Å². The Kier molecular flexibility index (Phi) is 3.31. The number of pyridine rings is 1. The van der Waals surface area contributed by atoms with Crippen molar-refractivity contribution in [3.05, 3.63) is 59.7 Å². The molecule has 0 saturated heterocycles. The Bertz CT molecular complexity index is 561. The van der Waals surface area contributed by atoms with E-state index in [0.717, 1.165) is 11.3 Å². The Morgan fingerprint density at radius 1 is 1.29 bits per heavy atom. The molecule has 0 amide bonds. The van der Waals surface area contributed by atoms with Crippen molar-refractivity contribution in [2.45, 2.75) is 6.54 Å². The summed E-state index contributed by atoms with van der Waals surface area (Å²) in [7, 11) is 0. The van der Waals surface area contributed by atoms with Gasteiger partial charge < -0.3 is 5.32 Å². The molecule has 0 fully saturated rings. The Hall–Kier alpha value is -2.41. The van der Waals surface area contributed by atoms with E-state index in [0.29, 0.717) is 12.2 Å². The molecule has 2 rings (SSSR count). The monoisotopic (exact) mass is 227 g/mol. The molecule has 0 aliphatic rings. The zero-order chi connectivity index (χ0) is 12.1. The van der Waals surface area contributed by atoms with E-state index in [9.17, 15) is 4.39 Å². The Morgan fingerprint density at radius 3 is 2.94 bits per heavy atom. The topological polar surface area (TPSA) is 48.7 Å². The van der Waals surface area contributed by atoms with Gasteiger partial charge in [-0.1, -0.05) is 12.1 Å². The highest BCUT2D eigenvalue weighted by atomic mass is 19.1. The average molecular weight is 227 g/mol. The summed E-state index contributed by atoms with van der Waals surface area (Å²) in [5.74, 6) is -0.253.